The first-order valence-corrected chi connectivity index (χ1v) is 5.53. The van der Waals surface area contributed by atoms with Crippen molar-refractivity contribution < 1.29 is 0 Å². The predicted octanol–water partition coefficient (Wildman–Crippen LogP) is 2.56. The van der Waals surface area contributed by atoms with Gasteiger partial charge in [0.2, 0.25) is 0 Å². The molecule has 0 amide bonds. The Morgan fingerprint density at radius 3 is 1.86 bits per heavy atom. The molecule has 1 heterocycles. The molecule has 0 N–H and O–H groups in total. The monoisotopic (exact) mass is 193 g/mol. The average molecular weight is 193 g/mol. The zero-order valence-electron chi connectivity index (χ0n) is 9.16. The number of nitrogens with zero attached hydrogens (tertiary/aromatic N) is 3. The Kier molecular flexibility index (Phi) is 5.12. The van der Waals surface area contributed by atoms with Crippen molar-refractivity contribution in [3.8, 4) is 0 Å². The fraction of sp³-hybridized carbons (Fsp3) is 0.727. The number of aryl methyl sites for hydroxylation is 2. The quantitative estimate of drug-likeness (QED) is 0.697. The fourth-order valence-corrected chi connectivity index (χ4v) is 1.28. The van der Waals surface area contributed by atoms with Crippen LogP contribution in [-0.2, 0) is 12.8 Å². The van der Waals surface area contributed by atoms with E-state index in [1.807, 2.05) is 0 Å². The van der Waals surface area contributed by atoms with Gasteiger partial charge in [-0.25, -0.2) is 15.0 Å². The summed E-state index contributed by atoms with van der Waals surface area (Å²) in [5.74, 6) is 1.90. The van der Waals surface area contributed by atoms with Crippen LogP contribution in [-0.4, -0.2) is 15.0 Å². The van der Waals surface area contributed by atoms with Crippen LogP contribution in [0.15, 0.2) is 6.33 Å². The summed E-state index contributed by atoms with van der Waals surface area (Å²) in [4.78, 5) is 12.8. The highest BCUT2D eigenvalue weighted by Crippen LogP contribution is 2.01. The third kappa shape index (κ3) is 3.81. The van der Waals surface area contributed by atoms with E-state index in [0.717, 1.165) is 37.3 Å². The number of rotatable bonds is 6. The van der Waals surface area contributed by atoms with Gasteiger partial charge in [-0.15, -0.1) is 0 Å². The SMILES string of the molecule is CCCCc1ncnc(CCCC)n1. The standard InChI is InChI=1S/C11H19N3/c1-3-5-7-10-12-9-13-11(14-10)8-6-4-2/h9H,3-8H2,1-2H3. The van der Waals surface area contributed by atoms with Gasteiger partial charge in [-0.05, 0) is 12.8 Å². The second kappa shape index (κ2) is 6.46. The van der Waals surface area contributed by atoms with Crippen LogP contribution in [0.5, 0.6) is 0 Å². The maximum atomic E-state index is 4.43. The summed E-state index contributed by atoms with van der Waals surface area (Å²) in [7, 11) is 0. The van der Waals surface area contributed by atoms with Crippen molar-refractivity contribution in [2.24, 2.45) is 0 Å². The summed E-state index contributed by atoms with van der Waals surface area (Å²) in [6.07, 6.45) is 8.32. The lowest BCUT2D eigenvalue weighted by Gasteiger charge is -2.01. The van der Waals surface area contributed by atoms with Gasteiger partial charge in [0.25, 0.3) is 0 Å². The molecule has 0 saturated heterocycles. The molecule has 0 atom stereocenters. The van der Waals surface area contributed by atoms with Gasteiger partial charge in [0, 0.05) is 12.8 Å². The third-order valence-corrected chi connectivity index (χ3v) is 2.18. The maximum absolute atomic E-state index is 4.43. The average Bonchev–Trinajstić information content (AvgIpc) is 2.24. The van der Waals surface area contributed by atoms with Crippen molar-refractivity contribution in [1.29, 1.82) is 0 Å². The van der Waals surface area contributed by atoms with Crippen LogP contribution in [0.2, 0.25) is 0 Å². The maximum Gasteiger partial charge on any atom is 0.132 e. The van der Waals surface area contributed by atoms with Gasteiger partial charge in [0.1, 0.15) is 18.0 Å². The Balaban J connectivity index is 2.50. The highest BCUT2D eigenvalue weighted by atomic mass is 15.0. The molecule has 78 valence electrons. The summed E-state index contributed by atoms with van der Waals surface area (Å²) in [5, 5.41) is 0. The second-order valence-corrected chi connectivity index (χ2v) is 3.53. The number of aromatic nitrogens is 3. The van der Waals surface area contributed by atoms with E-state index < -0.39 is 0 Å². The minimum Gasteiger partial charge on any atom is -0.221 e. The first-order chi connectivity index (χ1) is 6.86. The highest BCUT2D eigenvalue weighted by Gasteiger charge is 1.99. The van der Waals surface area contributed by atoms with Gasteiger partial charge in [0.15, 0.2) is 0 Å². The predicted molar refractivity (Wildman–Crippen MR) is 57.1 cm³/mol. The summed E-state index contributed by atoms with van der Waals surface area (Å²) in [6.45, 7) is 4.36. The summed E-state index contributed by atoms with van der Waals surface area (Å²) in [5.41, 5.74) is 0. The minimum absolute atomic E-state index is 0.952. The van der Waals surface area contributed by atoms with E-state index in [9.17, 15) is 0 Å². The van der Waals surface area contributed by atoms with E-state index in [0.29, 0.717) is 0 Å². The molecule has 14 heavy (non-hydrogen) atoms. The zero-order chi connectivity index (χ0) is 10.2. The fourth-order valence-electron chi connectivity index (χ4n) is 1.28. The normalized spacial score (nSPS) is 10.4. The molecule has 1 aromatic heterocycles. The lowest BCUT2D eigenvalue weighted by atomic mass is 10.2. The first kappa shape index (κ1) is 11.1. The van der Waals surface area contributed by atoms with Crippen LogP contribution in [0.1, 0.15) is 51.2 Å². The molecule has 0 spiro atoms. The van der Waals surface area contributed by atoms with Crippen LogP contribution in [0.25, 0.3) is 0 Å². The van der Waals surface area contributed by atoms with Crippen LogP contribution in [0.3, 0.4) is 0 Å². The van der Waals surface area contributed by atoms with E-state index in [1.165, 1.54) is 12.8 Å². The van der Waals surface area contributed by atoms with Crippen molar-refractivity contribution in [1.82, 2.24) is 15.0 Å². The van der Waals surface area contributed by atoms with Crippen LogP contribution in [0, 0.1) is 0 Å². The topological polar surface area (TPSA) is 38.7 Å². The molecule has 0 radical (unpaired) electrons. The Labute approximate surface area is 86.0 Å². The largest absolute Gasteiger partial charge is 0.221 e. The number of unbranched alkanes of at least 4 members (excludes halogenated alkanes) is 2. The molecule has 1 rings (SSSR count). The molecule has 0 aliphatic carbocycles. The van der Waals surface area contributed by atoms with Crippen LogP contribution < -0.4 is 0 Å². The number of hydrogen-bond acceptors (Lipinski definition) is 3. The van der Waals surface area contributed by atoms with Gasteiger partial charge in [-0.3, -0.25) is 0 Å². The molecule has 0 unspecified atom stereocenters. The molecule has 0 saturated carbocycles. The Bertz CT molecular complexity index is 237. The van der Waals surface area contributed by atoms with Gasteiger partial charge in [0.05, 0.1) is 0 Å². The number of hydrogen-bond donors (Lipinski definition) is 0. The van der Waals surface area contributed by atoms with Crippen molar-refractivity contribution in [3.63, 3.8) is 0 Å². The zero-order valence-corrected chi connectivity index (χ0v) is 9.16. The molecular formula is C11H19N3. The van der Waals surface area contributed by atoms with Gasteiger partial charge >= 0.3 is 0 Å². The Morgan fingerprint density at radius 2 is 1.43 bits per heavy atom. The molecule has 0 bridgehead atoms. The molecule has 3 nitrogen and oxygen atoms in total. The Hall–Kier alpha value is -0.990. The van der Waals surface area contributed by atoms with Crippen molar-refractivity contribution in [2.45, 2.75) is 52.4 Å². The van der Waals surface area contributed by atoms with Crippen molar-refractivity contribution in [3.05, 3.63) is 18.0 Å². The van der Waals surface area contributed by atoms with E-state index in [4.69, 9.17) is 0 Å². The lowest BCUT2D eigenvalue weighted by Crippen LogP contribution is -2.02. The van der Waals surface area contributed by atoms with Crippen molar-refractivity contribution >= 4 is 0 Å². The summed E-state index contributed by atoms with van der Waals surface area (Å²) in [6, 6.07) is 0. The summed E-state index contributed by atoms with van der Waals surface area (Å²) < 4.78 is 0. The van der Waals surface area contributed by atoms with Crippen LogP contribution >= 0.6 is 0 Å². The third-order valence-electron chi connectivity index (χ3n) is 2.18. The molecule has 0 aliphatic rings. The first-order valence-electron chi connectivity index (χ1n) is 5.53. The van der Waals surface area contributed by atoms with E-state index in [2.05, 4.69) is 28.8 Å². The second-order valence-electron chi connectivity index (χ2n) is 3.53. The van der Waals surface area contributed by atoms with Crippen molar-refractivity contribution in [2.75, 3.05) is 0 Å². The van der Waals surface area contributed by atoms with E-state index in [1.54, 1.807) is 6.33 Å². The molecule has 1 aromatic rings. The highest BCUT2D eigenvalue weighted by molar-refractivity contribution is 4.90. The molecular weight excluding hydrogens is 174 g/mol. The molecule has 0 fully saturated rings. The Morgan fingerprint density at radius 1 is 0.929 bits per heavy atom. The molecule has 0 aromatic carbocycles. The van der Waals surface area contributed by atoms with Gasteiger partial charge in [-0.1, -0.05) is 26.7 Å². The summed E-state index contributed by atoms with van der Waals surface area (Å²) >= 11 is 0. The lowest BCUT2D eigenvalue weighted by molar-refractivity contribution is 0.699. The van der Waals surface area contributed by atoms with E-state index in [-0.39, 0.29) is 0 Å². The van der Waals surface area contributed by atoms with Gasteiger partial charge in [-0.2, -0.15) is 0 Å². The molecule has 3 heteroatoms. The van der Waals surface area contributed by atoms with Crippen LogP contribution in [0.4, 0.5) is 0 Å². The van der Waals surface area contributed by atoms with Gasteiger partial charge < -0.3 is 0 Å². The van der Waals surface area contributed by atoms with E-state index >= 15 is 0 Å². The molecule has 0 aliphatic heterocycles. The smallest absolute Gasteiger partial charge is 0.132 e. The minimum atomic E-state index is 0.952.